The van der Waals surface area contributed by atoms with Crippen molar-refractivity contribution in [1.82, 2.24) is 4.90 Å². The number of hydrogen-bond acceptors (Lipinski definition) is 4. The van der Waals surface area contributed by atoms with Gasteiger partial charge in [-0.2, -0.15) is 26.3 Å². The molecule has 2 aromatic carbocycles. The summed E-state index contributed by atoms with van der Waals surface area (Å²) in [5, 5.41) is 10.4. The summed E-state index contributed by atoms with van der Waals surface area (Å²) >= 11 is 0. The maximum absolute atomic E-state index is 14.8. The van der Waals surface area contributed by atoms with Gasteiger partial charge in [-0.1, -0.05) is 18.2 Å². The van der Waals surface area contributed by atoms with Crippen molar-refractivity contribution < 1.29 is 53.4 Å². The average Bonchev–Trinajstić information content (AvgIpc) is 3.47. The fourth-order valence-corrected chi connectivity index (χ4v) is 8.26. The number of fused-ring (bicyclic) bond motifs is 3. The Bertz CT molecular complexity index is 1420. The highest BCUT2D eigenvalue weighted by Gasteiger charge is 2.74. The van der Waals surface area contributed by atoms with E-state index in [1.54, 1.807) is 0 Å². The Balaban J connectivity index is 1.71. The lowest BCUT2D eigenvalue weighted by Gasteiger charge is -2.43. The monoisotopic (exact) mass is 583 g/mol. The van der Waals surface area contributed by atoms with E-state index in [9.17, 15) is 53.4 Å². The van der Waals surface area contributed by atoms with Crippen LogP contribution in [0.25, 0.3) is 0 Å². The first-order valence-electron chi connectivity index (χ1n) is 11.9. The Morgan fingerprint density at radius 1 is 0.923 bits per heavy atom. The van der Waals surface area contributed by atoms with Gasteiger partial charge in [0.05, 0.1) is 10.9 Å². The standard InChI is InChI=1S/C25H21F8NO4S/c26-16-3-5-17(6-4-16)39(37,38)22-11-12-34(20(35)21(36)9-10-21)19(22)8-1-14-13-15(2-7-18(14)22)23(27,24(28,29)30)25(31,32)33/h2-7,13,19,36H,1,8-12H2/t19-,22-/m1/s1. The van der Waals surface area contributed by atoms with E-state index in [0.29, 0.717) is 6.07 Å². The molecule has 5 rings (SSSR count). The molecule has 0 bridgehead atoms. The van der Waals surface area contributed by atoms with E-state index in [1.165, 1.54) is 4.90 Å². The highest BCUT2D eigenvalue weighted by atomic mass is 32.2. The predicted octanol–water partition coefficient (Wildman–Crippen LogP) is 4.86. The molecule has 14 heteroatoms. The molecule has 2 atom stereocenters. The largest absolute Gasteiger partial charge is 0.435 e. The van der Waals surface area contributed by atoms with Gasteiger partial charge in [0.25, 0.3) is 5.91 Å². The molecule has 2 aromatic rings. The molecule has 0 spiro atoms. The third kappa shape index (κ3) is 3.80. The third-order valence-electron chi connectivity index (χ3n) is 8.05. The summed E-state index contributed by atoms with van der Waals surface area (Å²) in [7, 11) is -4.57. The maximum Gasteiger partial charge on any atom is 0.435 e. The minimum Gasteiger partial charge on any atom is -0.380 e. The molecule has 1 amide bonds. The van der Waals surface area contributed by atoms with Crippen molar-refractivity contribution in [3.8, 4) is 0 Å². The Labute approximate surface area is 217 Å². The van der Waals surface area contributed by atoms with E-state index in [2.05, 4.69) is 0 Å². The summed E-state index contributed by atoms with van der Waals surface area (Å²) in [6, 6.07) is 3.94. The van der Waals surface area contributed by atoms with E-state index >= 15 is 0 Å². The molecule has 1 heterocycles. The second-order valence-corrected chi connectivity index (χ2v) is 12.4. The van der Waals surface area contributed by atoms with Crippen molar-refractivity contribution in [3.63, 3.8) is 0 Å². The molecule has 5 nitrogen and oxygen atoms in total. The number of carbonyl (C=O) groups is 1. The number of likely N-dealkylation sites (tertiary alicyclic amines) is 1. The van der Waals surface area contributed by atoms with Crippen LogP contribution in [-0.2, 0) is 31.5 Å². The van der Waals surface area contributed by atoms with Crippen molar-refractivity contribution in [3.05, 3.63) is 65.0 Å². The molecular formula is C25H21F8NO4S. The van der Waals surface area contributed by atoms with E-state index in [4.69, 9.17) is 0 Å². The number of rotatable bonds is 4. The van der Waals surface area contributed by atoms with Crippen molar-refractivity contribution in [2.75, 3.05) is 6.54 Å². The van der Waals surface area contributed by atoms with Crippen LogP contribution in [0.5, 0.6) is 0 Å². The van der Waals surface area contributed by atoms with Crippen LogP contribution in [-0.4, -0.2) is 54.9 Å². The quantitative estimate of drug-likeness (QED) is 0.413. The first-order valence-corrected chi connectivity index (χ1v) is 13.4. The van der Waals surface area contributed by atoms with Gasteiger partial charge in [-0.05, 0) is 67.5 Å². The minimum atomic E-state index is -6.36. The molecule has 2 fully saturated rings. The summed E-state index contributed by atoms with van der Waals surface area (Å²) in [5.41, 5.74) is -9.54. The molecule has 1 N–H and O–H groups in total. The molecule has 39 heavy (non-hydrogen) atoms. The van der Waals surface area contributed by atoms with Crippen LogP contribution in [0.2, 0.25) is 0 Å². The SMILES string of the molecule is O=C(N1CC[C@@]2(S(=O)(=O)c3ccc(F)cc3)c3ccc(C(F)(C(F)(F)F)C(F)(F)F)cc3CC[C@@H]12)C1(O)CC1. The van der Waals surface area contributed by atoms with Gasteiger partial charge >= 0.3 is 18.0 Å². The summed E-state index contributed by atoms with van der Waals surface area (Å²) in [6.45, 7) is -0.175. The fraction of sp³-hybridized carbons (Fsp3) is 0.480. The van der Waals surface area contributed by atoms with Crippen LogP contribution in [0.1, 0.15) is 42.4 Å². The molecule has 1 aliphatic heterocycles. The van der Waals surface area contributed by atoms with Gasteiger partial charge in [0.15, 0.2) is 9.84 Å². The Hall–Kier alpha value is -2.74. The lowest BCUT2D eigenvalue weighted by Crippen LogP contribution is -2.54. The van der Waals surface area contributed by atoms with Crippen molar-refractivity contribution in [2.45, 2.75) is 71.4 Å². The fourth-order valence-electron chi connectivity index (χ4n) is 5.90. The average molecular weight is 583 g/mol. The second-order valence-electron chi connectivity index (χ2n) is 10.2. The van der Waals surface area contributed by atoms with Crippen LogP contribution in [0.3, 0.4) is 0 Å². The summed E-state index contributed by atoms with van der Waals surface area (Å²) in [5.74, 6) is -1.48. The van der Waals surface area contributed by atoms with E-state index in [1.807, 2.05) is 0 Å². The number of hydrogen-bond donors (Lipinski definition) is 1. The van der Waals surface area contributed by atoms with Gasteiger partial charge in [0.1, 0.15) is 16.2 Å². The van der Waals surface area contributed by atoms with Crippen LogP contribution in [0, 0.1) is 5.82 Å². The Morgan fingerprint density at radius 2 is 1.51 bits per heavy atom. The van der Waals surface area contributed by atoms with Gasteiger partial charge in [-0.15, -0.1) is 0 Å². The molecule has 1 saturated carbocycles. The summed E-state index contributed by atoms with van der Waals surface area (Å²) < 4.78 is 135. The molecule has 1 saturated heterocycles. The molecule has 0 radical (unpaired) electrons. The van der Waals surface area contributed by atoms with Gasteiger partial charge in [-0.25, -0.2) is 17.2 Å². The number of alkyl halides is 7. The van der Waals surface area contributed by atoms with Crippen molar-refractivity contribution in [2.24, 2.45) is 0 Å². The minimum absolute atomic E-state index is 0.153. The molecule has 0 aromatic heterocycles. The molecular weight excluding hydrogens is 562 g/mol. The Morgan fingerprint density at radius 3 is 2.05 bits per heavy atom. The third-order valence-corrected chi connectivity index (χ3v) is 10.6. The summed E-state index contributed by atoms with van der Waals surface area (Å²) in [4.78, 5) is 13.9. The number of sulfone groups is 1. The zero-order valence-corrected chi connectivity index (χ0v) is 20.7. The molecule has 3 aliphatic rings. The first kappa shape index (κ1) is 27.8. The predicted molar refractivity (Wildman–Crippen MR) is 119 cm³/mol. The highest BCUT2D eigenvalue weighted by molar-refractivity contribution is 7.92. The van der Waals surface area contributed by atoms with Gasteiger partial charge in [0.2, 0.25) is 0 Å². The van der Waals surface area contributed by atoms with E-state index in [-0.39, 0.29) is 60.7 Å². The second kappa shape index (κ2) is 8.38. The first-order chi connectivity index (χ1) is 17.9. The number of aryl methyl sites for hydroxylation is 1. The number of amides is 1. The maximum atomic E-state index is 14.8. The van der Waals surface area contributed by atoms with E-state index in [0.717, 1.165) is 30.3 Å². The van der Waals surface area contributed by atoms with Crippen LogP contribution in [0.15, 0.2) is 47.4 Å². The van der Waals surface area contributed by atoms with E-state index < -0.39 is 61.5 Å². The lowest BCUT2D eigenvalue weighted by molar-refractivity contribution is -0.348. The van der Waals surface area contributed by atoms with Gasteiger partial charge in [0, 0.05) is 12.1 Å². The van der Waals surface area contributed by atoms with Crippen molar-refractivity contribution >= 4 is 15.7 Å². The number of benzene rings is 2. The normalized spacial score (nSPS) is 24.7. The zero-order chi connectivity index (χ0) is 28.8. The number of aliphatic hydroxyl groups is 1. The number of carbonyl (C=O) groups excluding carboxylic acids is 1. The lowest BCUT2D eigenvalue weighted by atomic mass is 9.76. The zero-order valence-electron chi connectivity index (χ0n) is 19.9. The van der Waals surface area contributed by atoms with Crippen LogP contribution >= 0.6 is 0 Å². The van der Waals surface area contributed by atoms with Crippen molar-refractivity contribution in [1.29, 1.82) is 0 Å². The van der Waals surface area contributed by atoms with Gasteiger partial charge in [-0.3, -0.25) is 4.79 Å². The highest BCUT2D eigenvalue weighted by Crippen LogP contribution is 2.57. The van der Waals surface area contributed by atoms with Crippen LogP contribution < -0.4 is 0 Å². The molecule has 2 aliphatic carbocycles. The van der Waals surface area contributed by atoms with Crippen LogP contribution in [0.4, 0.5) is 35.1 Å². The number of halogens is 8. The smallest absolute Gasteiger partial charge is 0.380 e. The van der Waals surface area contributed by atoms with Gasteiger partial charge < -0.3 is 10.0 Å². The Kier molecular flexibility index (Phi) is 5.98. The molecule has 0 unspecified atom stereocenters. The summed E-state index contributed by atoms with van der Waals surface area (Å²) in [6.07, 6.45) is -13.2. The molecule has 212 valence electrons. The number of nitrogens with zero attached hydrogens (tertiary/aromatic N) is 1. The topological polar surface area (TPSA) is 74.7 Å².